The standard InChI is InChI=1S/C10H17NO4/c1-7(12)10-4-2-9(3-5-10,6-15-10)11-8(13)14/h7,11-12H,2-6H2,1H3,(H,13,14). The van der Waals surface area contributed by atoms with E-state index >= 15 is 0 Å². The summed E-state index contributed by atoms with van der Waals surface area (Å²) in [5, 5.41) is 20.9. The van der Waals surface area contributed by atoms with Gasteiger partial charge in [0.15, 0.2) is 0 Å². The minimum atomic E-state index is -0.995. The highest BCUT2D eigenvalue weighted by Gasteiger charge is 2.52. The molecule has 1 saturated carbocycles. The van der Waals surface area contributed by atoms with Crippen LogP contribution in [0.5, 0.6) is 0 Å². The fourth-order valence-corrected chi connectivity index (χ4v) is 2.65. The summed E-state index contributed by atoms with van der Waals surface area (Å²) < 4.78 is 5.65. The molecule has 0 aromatic heterocycles. The molecule has 15 heavy (non-hydrogen) atoms. The van der Waals surface area contributed by atoms with E-state index in [1.807, 2.05) is 0 Å². The van der Waals surface area contributed by atoms with Crippen LogP contribution in [0, 0.1) is 0 Å². The van der Waals surface area contributed by atoms with Crippen LogP contribution in [0.25, 0.3) is 0 Å². The normalized spacial score (nSPS) is 41.2. The largest absolute Gasteiger partial charge is 0.465 e. The average Bonchev–Trinajstić information content (AvgIpc) is 2.18. The lowest BCUT2D eigenvalue weighted by Gasteiger charge is -2.54. The van der Waals surface area contributed by atoms with Gasteiger partial charge in [-0.1, -0.05) is 0 Å². The maximum Gasteiger partial charge on any atom is 0.405 e. The van der Waals surface area contributed by atoms with Crippen LogP contribution in [0.1, 0.15) is 32.6 Å². The maximum absolute atomic E-state index is 10.6. The molecule has 2 heterocycles. The van der Waals surface area contributed by atoms with Gasteiger partial charge in [-0.15, -0.1) is 0 Å². The number of rotatable bonds is 2. The number of hydrogen-bond acceptors (Lipinski definition) is 3. The quantitative estimate of drug-likeness (QED) is 0.634. The predicted molar refractivity (Wildman–Crippen MR) is 52.7 cm³/mol. The van der Waals surface area contributed by atoms with E-state index in [1.54, 1.807) is 6.92 Å². The summed E-state index contributed by atoms with van der Waals surface area (Å²) in [6, 6.07) is 0. The van der Waals surface area contributed by atoms with Gasteiger partial charge < -0.3 is 20.3 Å². The van der Waals surface area contributed by atoms with Crippen LogP contribution >= 0.6 is 0 Å². The van der Waals surface area contributed by atoms with Crippen LogP contribution < -0.4 is 5.32 Å². The Kier molecular flexibility index (Phi) is 2.39. The summed E-state index contributed by atoms with van der Waals surface area (Å²) in [6.07, 6.45) is 1.48. The van der Waals surface area contributed by atoms with Gasteiger partial charge in [0.05, 0.1) is 23.9 Å². The van der Waals surface area contributed by atoms with E-state index in [4.69, 9.17) is 9.84 Å². The van der Waals surface area contributed by atoms with Gasteiger partial charge >= 0.3 is 6.09 Å². The molecule has 2 saturated heterocycles. The number of amides is 1. The molecule has 86 valence electrons. The lowest BCUT2D eigenvalue weighted by Crippen LogP contribution is -2.65. The lowest BCUT2D eigenvalue weighted by molar-refractivity contribution is -0.202. The molecule has 0 radical (unpaired) electrons. The number of carbonyl (C=O) groups is 1. The molecule has 3 fully saturated rings. The first-order valence-corrected chi connectivity index (χ1v) is 5.31. The molecule has 0 spiro atoms. The molecular weight excluding hydrogens is 198 g/mol. The molecule has 3 rings (SSSR count). The molecule has 5 nitrogen and oxygen atoms in total. The predicted octanol–water partition coefficient (Wildman–Crippen LogP) is 0.717. The number of ether oxygens (including phenoxy) is 1. The summed E-state index contributed by atoms with van der Waals surface area (Å²) in [4.78, 5) is 10.6. The summed E-state index contributed by atoms with van der Waals surface area (Å²) in [7, 11) is 0. The summed E-state index contributed by atoms with van der Waals surface area (Å²) in [5.74, 6) is 0. The van der Waals surface area contributed by atoms with Gasteiger partial charge in [0.25, 0.3) is 0 Å². The van der Waals surface area contributed by atoms with Crippen molar-refractivity contribution in [2.75, 3.05) is 6.61 Å². The molecule has 5 heteroatoms. The third-order valence-electron chi connectivity index (χ3n) is 3.82. The SMILES string of the molecule is CC(O)C12CCC(NC(=O)O)(CC1)CO2. The van der Waals surface area contributed by atoms with Gasteiger partial charge in [0.2, 0.25) is 0 Å². The van der Waals surface area contributed by atoms with E-state index in [0.29, 0.717) is 6.61 Å². The van der Waals surface area contributed by atoms with Gasteiger partial charge in [0, 0.05) is 0 Å². The minimum absolute atomic E-state index is 0.379. The van der Waals surface area contributed by atoms with Gasteiger partial charge in [-0.05, 0) is 32.6 Å². The van der Waals surface area contributed by atoms with Gasteiger partial charge in [-0.3, -0.25) is 0 Å². The molecule has 0 aromatic carbocycles. The van der Waals surface area contributed by atoms with E-state index in [1.165, 1.54) is 0 Å². The van der Waals surface area contributed by atoms with E-state index in [-0.39, 0.29) is 0 Å². The van der Waals surface area contributed by atoms with Gasteiger partial charge in [0.1, 0.15) is 0 Å². The van der Waals surface area contributed by atoms with E-state index in [2.05, 4.69) is 5.32 Å². The molecule has 1 unspecified atom stereocenters. The minimum Gasteiger partial charge on any atom is -0.465 e. The monoisotopic (exact) mass is 215 g/mol. The Bertz CT molecular complexity index is 252. The number of carboxylic acid groups (broad SMARTS) is 1. The second kappa shape index (κ2) is 3.35. The Labute approximate surface area is 88.4 Å². The van der Waals surface area contributed by atoms with Crippen molar-refractivity contribution >= 4 is 6.09 Å². The number of fused-ring (bicyclic) bond motifs is 3. The van der Waals surface area contributed by atoms with Crippen molar-refractivity contribution in [3.05, 3.63) is 0 Å². The first-order chi connectivity index (χ1) is 6.98. The smallest absolute Gasteiger partial charge is 0.405 e. The molecule has 3 N–H and O–H groups in total. The summed E-state index contributed by atoms with van der Waals surface area (Å²) in [6.45, 7) is 2.12. The molecule has 1 atom stereocenters. The fraction of sp³-hybridized carbons (Fsp3) is 0.900. The van der Waals surface area contributed by atoms with Crippen LogP contribution in [0.2, 0.25) is 0 Å². The van der Waals surface area contributed by atoms with Crippen LogP contribution in [0.3, 0.4) is 0 Å². The first-order valence-electron chi connectivity index (χ1n) is 5.31. The second-order valence-electron chi connectivity index (χ2n) is 4.74. The van der Waals surface area contributed by atoms with Crippen LogP contribution in [0.15, 0.2) is 0 Å². The Morgan fingerprint density at radius 3 is 2.33 bits per heavy atom. The zero-order chi connectivity index (χ0) is 11.1. The molecule has 2 aliphatic heterocycles. The third-order valence-corrected chi connectivity index (χ3v) is 3.82. The Balaban J connectivity index is 2.07. The number of aliphatic hydroxyl groups excluding tert-OH is 1. The topological polar surface area (TPSA) is 78.8 Å². The average molecular weight is 215 g/mol. The lowest BCUT2D eigenvalue weighted by atomic mass is 9.69. The van der Waals surface area contributed by atoms with E-state index in [9.17, 15) is 9.90 Å². The highest BCUT2D eigenvalue weighted by molar-refractivity contribution is 5.65. The van der Waals surface area contributed by atoms with Crippen molar-refractivity contribution in [2.24, 2.45) is 0 Å². The molecule has 2 bridgehead atoms. The van der Waals surface area contributed by atoms with Crippen molar-refractivity contribution in [1.82, 2.24) is 5.32 Å². The van der Waals surface area contributed by atoms with Crippen molar-refractivity contribution in [3.8, 4) is 0 Å². The van der Waals surface area contributed by atoms with Crippen LogP contribution in [0.4, 0.5) is 4.79 Å². The first kappa shape index (κ1) is 10.7. The van der Waals surface area contributed by atoms with Crippen molar-refractivity contribution in [1.29, 1.82) is 0 Å². The number of nitrogens with one attached hydrogen (secondary N) is 1. The van der Waals surface area contributed by atoms with E-state index < -0.39 is 23.3 Å². The van der Waals surface area contributed by atoms with Crippen molar-refractivity contribution < 1.29 is 19.7 Å². The number of aliphatic hydroxyl groups is 1. The molecule has 3 aliphatic rings. The highest BCUT2D eigenvalue weighted by Crippen LogP contribution is 2.45. The molecular formula is C10H17NO4. The van der Waals surface area contributed by atoms with Crippen molar-refractivity contribution in [2.45, 2.75) is 49.9 Å². The highest BCUT2D eigenvalue weighted by atomic mass is 16.5. The fourth-order valence-electron chi connectivity index (χ4n) is 2.65. The van der Waals surface area contributed by atoms with Gasteiger partial charge in [-0.25, -0.2) is 4.79 Å². The summed E-state index contributed by atoms with van der Waals surface area (Å²) >= 11 is 0. The van der Waals surface area contributed by atoms with Gasteiger partial charge in [-0.2, -0.15) is 0 Å². The second-order valence-corrected chi connectivity index (χ2v) is 4.74. The zero-order valence-electron chi connectivity index (χ0n) is 8.82. The Morgan fingerprint density at radius 2 is 2.00 bits per heavy atom. The molecule has 1 amide bonds. The molecule has 0 aromatic rings. The van der Waals surface area contributed by atoms with E-state index in [0.717, 1.165) is 25.7 Å². The Hall–Kier alpha value is -0.810. The van der Waals surface area contributed by atoms with Crippen LogP contribution in [-0.4, -0.2) is 40.2 Å². The molecule has 1 aliphatic carbocycles. The van der Waals surface area contributed by atoms with Crippen molar-refractivity contribution in [3.63, 3.8) is 0 Å². The maximum atomic E-state index is 10.6. The Morgan fingerprint density at radius 1 is 1.40 bits per heavy atom. The third kappa shape index (κ3) is 1.70. The van der Waals surface area contributed by atoms with Crippen LogP contribution in [-0.2, 0) is 4.74 Å². The zero-order valence-corrected chi connectivity index (χ0v) is 8.82. The summed E-state index contributed by atoms with van der Waals surface area (Å²) in [5.41, 5.74) is -0.843. The number of hydrogen-bond donors (Lipinski definition) is 3.